The van der Waals surface area contributed by atoms with Gasteiger partial charge in [0.2, 0.25) is 0 Å². The van der Waals surface area contributed by atoms with Gasteiger partial charge in [-0.1, -0.05) is 6.58 Å². The summed E-state index contributed by atoms with van der Waals surface area (Å²) in [7, 11) is -0.807. The zero-order valence-electron chi connectivity index (χ0n) is 16.8. The van der Waals surface area contributed by atoms with Crippen molar-refractivity contribution in [3.8, 4) is 11.6 Å². The van der Waals surface area contributed by atoms with Gasteiger partial charge in [0.1, 0.15) is 16.3 Å². The molecule has 4 rings (SSSR count). The number of nitrogens with zero attached hydrogens (tertiary/aromatic N) is 5. The number of pyridine rings is 1. The number of methoxy groups -OCH3 is 1. The van der Waals surface area contributed by atoms with Gasteiger partial charge < -0.3 is 9.84 Å². The van der Waals surface area contributed by atoms with Gasteiger partial charge in [-0.15, -0.1) is 0 Å². The lowest BCUT2D eigenvalue weighted by molar-refractivity contribution is 0.350. The van der Waals surface area contributed by atoms with Gasteiger partial charge >= 0.3 is 0 Å². The van der Waals surface area contributed by atoms with Crippen molar-refractivity contribution >= 4 is 32.2 Å². The second kappa shape index (κ2) is 7.85. The van der Waals surface area contributed by atoms with Crippen molar-refractivity contribution in [2.45, 2.75) is 4.90 Å². The quantitative estimate of drug-likeness (QED) is 0.450. The van der Waals surface area contributed by atoms with E-state index in [1.807, 2.05) is 0 Å². The van der Waals surface area contributed by atoms with Crippen LogP contribution in [0.3, 0.4) is 0 Å². The fourth-order valence-corrected chi connectivity index (χ4v) is 4.14. The molecule has 3 aromatic heterocycles. The highest BCUT2D eigenvalue weighted by atomic mass is 32.2. The van der Waals surface area contributed by atoms with Crippen molar-refractivity contribution in [1.29, 1.82) is 0 Å². The third-order valence-corrected chi connectivity index (χ3v) is 6.07. The Hall–Kier alpha value is -3.70. The molecule has 0 bridgehead atoms. The maximum Gasteiger partial charge on any atom is 0.265 e. The highest BCUT2D eigenvalue weighted by molar-refractivity contribution is 7.92. The van der Waals surface area contributed by atoms with Crippen LogP contribution in [-0.2, 0) is 17.1 Å². The molecule has 0 saturated heterocycles. The number of hydrogen-bond donors (Lipinski definition) is 2. The van der Waals surface area contributed by atoms with Gasteiger partial charge in [-0.3, -0.25) is 9.40 Å². The zero-order chi connectivity index (χ0) is 22.2. The van der Waals surface area contributed by atoms with Crippen LogP contribution in [-0.4, -0.2) is 51.8 Å². The van der Waals surface area contributed by atoms with E-state index in [4.69, 9.17) is 4.74 Å². The summed E-state index contributed by atoms with van der Waals surface area (Å²) in [4.78, 5) is 4.16. The number of anilines is 1. The lowest BCUT2D eigenvalue weighted by Gasteiger charge is -2.13. The van der Waals surface area contributed by atoms with Crippen LogP contribution in [0.5, 0.6) is 5.75 Å². The maximum atomic E-state index is 13.1. The first-order chi connectivity index (χ1) is 14.8. The number of ether oxygens (including phenoxy) is 1. The maximum absolute atomic E-state index is 13.1. The predicted molar refractivity (Wildman–Crippen MR) is 116 cm³/mol. The fraction of sp³-hybridized carbons (Fsp3) is 0.150. The van der Waals surface area contributed by atoms with Gasteiger partial charge in [-0.05, 0) is 35.4 Å². The average Bonchev–Trinajstić information content (AvgIpc) is 3.41. The van der Waals surface area contributed by atoms with Gasteiger partial charge in [0.15, 0.2) is 5.82 Å². The van der Waals surface area contributed by atoms with Gasteiger partial charge in [0, 0.05) is 18.6 Å². The first-order valence-electron chi connectivity index (χ1n) is 9.15. The molecule has 3 heterocycles. The van der Waals surface area contributed by atoms with Crippen LogP contribution >= 0.6 is 0 Å². The van der Waals surface area contributed by atoms with E-state index >= 15 is 0 Å². The zero-order valence-corrected chi connectivity index (χ0v) is 17.7. The number of aromatic nitrogens is 5. The number of benzene rings is 1. The second-order valence-electron chi connectivity index (χ2n) is 6.74. The Bertz CT molecular complexity index is 1390. The molecule has 0 amide bonds. The summed E-state index contributed by atoms with van der Waals surface area (Å²) in [6, 6.07) is 6.84. The van der Waals surface area contributed by atoms with E-state index in [-0.39, 0.29) is 17.2 Å². The standard InChI is InChI=1S/C20H20N6O4S/c1-13(12-27)14-6-7-21-18(8-14)26-11-16(10-23-26)31(28,29)24-19-17(30-3)5-4-15-9-22-25(2)20(15)19/h4-11,24,27H,1,12H2,2-3H3. The molecule has 31 heavy (non-hydrogen) atoms. The van der Waals surface area contributed by atoms with Crippen LogP contribution in [0.25, 0.3) is 22.3 Å². The third kappa shape index (κ3) is 3.76. The minimum absolute atomic E-state index is 0.0538. The van der Waals surface area contributed by atoms with Crippen LogP contribution in [0.1, 0.15) is 5.56 Å². The number of aliphatic hydroxyl groups is 1. The molecule has 0 unspecified atom stereocenters. The van der Waals surface area contributed by atoms with Crippen molar-refractivity contribution in [3.05, 3.63) is 61.2 Å². The van der Waals surface area contributed by atoms with Gasteiger partial charge in [-0.2, -0.15) is 10.2 Å². The minimum atomic E-state index is -3.99. The molecule has 10 nitrogen and oxygen atoms in total. The Morgan fingerprint density at radius 1 is 1.26 bits per heavy atom. The number of aryl methyl sites for hydroxylation is 1. The van der Waals surface area contributed by atoms with Gasteiger partial charge in [0.05, 0.1) is 37.8 Å². The second-order valence-corrected chi connectivity index (χ2v) is 8.42. The van der Waals surface area contributed by atoms with E-state index in [2.05, 4.69) is 26.5 Å². The van der Waals surface area contributed by atoms with Crippen LogP contribution in [0.15, 0.2) is 60.5 Å². The summed E-state index contributed by atoms with van der Waals surface area (Å²) in [6.45, 7) is 3.58. The Kier molecular flexibility index (Phi) is 5.21. The number of rotatable bonds is 7. The summed E-state index contributed by atoms with van der Waals surface area (Å²) in [5.41, 5.74) is 2.07. The van der Waals surface area contributed by atoms with E-state index in [9.17, 15) is 13.5 Å². The predicted octanol–water partition coefficient (Wildman–Crippen LogP) is 1.97. The van der Waals surface area contributed by atoms with E-state index in [1.165, 1.54) is 30.4 Å². The highest BCUT2D eigenvalue weighted by Gasteiger charge is 2.22. The topological polar surface area (TPSA) is 124 Å². The molecule has 0 spiro atoms. The molecule has 0 radical (unpaired) electrons. The number of fused-ring (bicyclic) bond motifs is 1. The summed E-state index contributed by atoms with van der Waals surface area (Å²) in [5.74, 6) is 0.754. The highest BCUT2D eigenvalue weighted by Crippen LogP contribution is 2.34. The van der Waals surface area contributed by atoms with E-state index in [1.54, 1.807) is 42.2 Å². The van der Waals surface area contributed by atoms with E-state index in [0.29, 0.717) is 28.2 Å². The first kappa shape index (κ1) is 20.6. The van der Waals surface area contributed by atoms with Crippen LogP contribution in [0.2, 0.25) is 0 Å². The first-order valence-corrected chi connectivity index (χ1v) is 10.6. The number of aliphatic hydroxyl groups excluding tert-OH is 1. The molecule has 0 atom stereocenters. The van der Waals surface area contributed by atoms with E-state index in [0.717, 1.165) is 5.39 Å². The Labute approximate surface area is 178 Å². The number of sulfonamides is 1. The lowest BCUT2D eigenvalue weighted by atomic mass is 10.1. The molecule has 1 aromatic carbocycles. The molecule has 4 aromatic rings. The summed E-state index contributed by atoms with van der Waals surface area (Å²) >= 11 is 0. The van der Waals surface area contributed by atoms with Gasteiger partial charge in [0.25, 0.3) is 10.0 Å². The number of nitrogens with one attached hydrogen (secondary N) is 1. The molecule has 160 valence electrons. The average molecular weight is 440 g/mol. The Morgan fingerprint density at radius 3 is 2.81 bits per heavy atom. The Balaban J connectivity index is 1.71. The SMILES string of the molecule is C=C(CO)c1ccnc(-n2cc(S(=O)(=O)Nc3c(OC)ccc4cnn(C)c34)cn2)c1. The molecule has 11 heteroatoms. The van der Waals surface area contributed by atoms with Crippen LogP contribution < -0.4 is 9.46 Å². The van der Waals surface area contributed by atoms with E-state index < -0.39 is 10.0 Å². The third-order valence-electron chi connectivity index (χ3n) is 4.77. The van der Waals surface area contributed by atoms with Crippen molar-refractivity contribution in [2.75, 3.05) is 18.4 Å². The van der Waals surface area contributed by atoms with Gasteiger partial charge in [-0.25, -0.2) is 18.1 Å². The van der Waals surface area contributed by atoms with Crippen molar-refractivity contribution < 1.29 is 18.3 Å². The normalized spacial score (nSPS) is 11.6. The van der Waals surface area contributed by atoms with Crippen LogP contribution in [0.4, 0.5) is 5.69 Å². The van der Waals surface area contributed by atoms with Crippen LogP contribution in [0, 0.1) is 0 Å². The largest absolute Gasteiger partial charge is 0.494 e. The molecule has 0 aliphatic rings. The Morgan fingerprint density at radius 2 is 2.06 bits per heavy atom. The molecular weight excluding hydrogens is 420 g/mol. The minimum Gasteiger partial charge on any atom is -0.494 e. The molecule has 2 N–H and O–H groups in total. The monoisotopic (exact) mass is 440 g/mol. The molecule has 0 saturated carbocycles. The summed E-state index contributed by atoms with van der Waals surface area (Å²) in [5, 5.41) is 18.4. The lowest BCUT2D eigenvalue weighted by Crippen LogP contribution is -2.14. The van der Waals surface area contributed by atoms with Crippen molar-refractivity contribution in [2.24, 2.45) is 7.05 Å². The van der Waals surface area contributed by atoms with Crippen molar-refractivity contribution in [1.82, 2.24) is 24.5 Å². The van der Waals surface area contributed by atoms with Crippen molar-refractivity contribution in [3.63, 3.8) is 0 Å². The smallest absolute Gasteiger partial charge is 0.265 e. The fourth-order valence-electron chi connectivity index (χ4n) is 3.14. The molecular formula is C20H20N6O4S. The molecule has 0 fully saturated rings. The summed E-state index contributed by atoms with van der Waals surface area (Å²) in [6.07, 6.45) is 5.76. The molecule has 0 aliphatic carbocycles. The summed E-state index contributed by atoms with van der Waals surface area (Å²) < 4.78 is 37.0. The number of hydrogen-bond acceptors (Lipinski definition) is 7. The molecule has 0 aliphatic heterocycles.